The highest BCUT2D eigenvalue weighted by Crippen LogP contribution is 2.46. The van der Waals surface area contributed by atoms with Gasteiger partial charge in [-0.05, 0) is 59.4 Å². The van der Waals surface area contributed by atoms with Gasteiger partial charge in [0, 0.05) is 12.1 Å². The molecule has 2 aromatic rings. The summed E-state index contributed by atoms with van der Waals surface area (Å²) in [5, 5.41) is 3.75. The Bertz CT molecular complexity index is 750. The molecule has 2 atom stereocenters. The Labute approximate surface area is 147 Å². The topological polar surface area (TPSA) is 49.0 Å². The molecule has 5 nitrogen and oxygen atoms in total. The van der Waals surface area contributed by atoms with Crippen LogP contribution in [0.1, 0.15) is 34.3 Å². The summed E-state index contributed by atoms with van der Waals surface area (Å²) in [7, 11) is 6.71. The molecule has 2 bridgehead atoms. The standard InChI is InChI=1S/C20H23NO4/c1-22-17-7-11-5-15-14-10-20(25-4)18(23-2)8-12(14)6-16(21-15)13(11)9-19(17)24-3/h7-10,15-16,21H,5-6H2,1-4H3/t15-,16-/m0/s1. The van der Waals surface area contributed by atoms with Crippen LogP contribution in [0.5, 0.6) is 23.0 Å². The van der Waals surface area contributed by atoms with Crippen LogP contribution in [0.3, 0.4) is 0 Å². The highest BCUT2D eigenvalue weighted by Gasteiger charge is 2.35. The minimum Gasteiger partial charge on any atom is -0.493 e. The quantitative estimate of drug-likeness (QED) is 0.925. The third-order valence-electron chi connectivity index (χ3n) is 5.29. The lowest BCUT2D eigenvalue weighted by atomic mass is 9.78. The zero-order chi connectivity index (χ0) is 17.6. The predicted molar refractivity (Wildman–Crippen MR) is 95.1 cm³/mol. The number of nitrogens with one attached hydrogen (secondary N) is 1. The van der Waals surface area contributed by atoms with E-state index in [2.05, 4.69) is 29.6 Å². The van der Waals surface area contributed by atoms with Gasteiger partial charge < -0.3 is 24.3 Å². The second kappa shape index (κ2) is 6.15. The molecule has 0 saturated heterocycles. The first-order valence-corrected chi connectivity index (χ1v) is 8.44. The number of methoxy groups -OCH3 is 4. The van der Waals surface area contributed by atoms with Crippen molar-refractivity contribution in [1.29, 1.82) is 0 Å². The summed E-state index contributed by atoms with van der Waals surface area (Å²) in [6, 6.07) is 8.96. The van der Waals surface area contributed by atoms with Gasteiger partial charge in [-0.2, -0.15) is 0 Å². The zero-order valence-electron chi connectivity index (χ0n) is 15.0. The Balaban J connectivity index is 1.79. The van der Waals surface area contributed by atoms with E-state index in [1.165, 1.54) is 22.3 Å². The summed E-state index contributed by atoms with van der Waals surface area (Å²) in [4.78, 5) is 0. The summed E-state index contributed by atoms with van der Waals surface area (Å²) < 4.78 is 21.9. The van der Waals surface area contributed by atoms with Gasteiger partial charge in [0.1, 0.15) is 0 Å². The summed E-state index contributed by atoms with van der Waals surface area (Å²) in [6.07, 6.45) is 1.82. The van der Waals surface area contributed by atoms with Gasteiger partial charge >= 0.3 is 0 Å². The van der Waals surface area contributed by atoms with Crippen LogP contribution >= 0.6 is 0 Å². The van der Waals surface area contributed by atoms with E-state index in [0.717, 1.165) is 35.8 Å². The molecule has 5 heteroatoms. The average molecular weight is 341 g/mol. The van der Waals surface area contributed by atoms with Crippen molar-refractivity contribution >= 4 is 0 Å². The van der Waals surface area contributed by atoms with Crippen LogP contribution < -0.4 is 24.3 Å². The molecule has 2 aromatic carbocycles. The van der Waals surface area contributed by atoms with Gasteiger partial charge in [0.15, 0.2) is 23.0 Å². The Hall–Kier alpha value is -2.40. The lowest BCUT2D eigenvalue weighted by Crippen LogP contribution is -2.39. The van der Waals surface area contributed by atoms with E-state index < -0.39 is 0 Å². The van der Waals surface area contributed by atoms with Crippen molar-refractivity contribution in [3.05, 3.63) is 46.5 Å². The van der Waals surface area contributed by atoms with Crippen molar-refractivity contribution in [3.8, 4) is 23.0 Å². The van der Waals surface area contributed by atoms with Crippen molar-refractivity contribution in [2.75, 3.05) is 28.4 Å². The molecular weight excluding hydrogens is 318 g/mol. The maximum atomic E-state index is 5.49. The van der Waals surface area contributed by atoms with Crippen LogP contribution in [0.15, 0.2) is 24.3 Å². The van der Waals surface area contributed by atoms with Crippen LogP contribution in [-0.4, -0.2) is 28.4 Å². The Morgan fingerprint density at radius 2 is 1.00 bits per heavy atom. The first-order chi connectivity index (χ1) is 12.2. The molecule has 2 aliphatic rings. The second-order valence-corrected chi connectivity index (χ2v) is 6.49. The highest BCUT2D eigenvalue weighted by molar-refractivity contribution is 5.55. The molecule has 0 aromatic heterocycles. The number of benzene rings is 2. The van der Waals surface area contributed by atoms with Gasteiger partial charge in [-0.15, -0.1) is 0 Å². The minimum atomic E-state index is 0.263. The second-order valence-electron chi connectivity index (χ2n) is 6.49. The number of rotatable bonds is 4. The lowest BCUT2D eigenvalue weighted by Gasteiger charge is -2.39. The number of ether oxygens (including phenoxy) is 4. The zero-order valence-corrected chi connectivity index (χ0v) is 15.0. The molecule has 25 heavy (non-hydrogen) atoms. The SMILES string of the molecule is COc1cc2c(cc1OC)[C@@H]1Cc3cc(OC)c(OC)cc3[C@H](C2)N1. The Morgan fingerprint density at radius 3 is 1.36 bits per heavy atom. The minimum absolute atomic E-state index is 0.263. The van der Waals surface area contributed by atoms with Gasteiger partial charge in [0.2, 0.25) is 0 Å². The van der Waals surface area contributed by atoms with Crippen LogP contribution in [0.25, 0.3) is 0 Å². The predicted octanol–water partition coefficient (Wildman–Crippen LogP) is 3.21. The van der Waals surface area contributed by atoms with Crippen LogP contribution in [0.4, 0.5) is 0 Å². The van der Waals surface area contributed by atoms with Crippen molar-refractivity contribution in [2.45, 2.75) is 24.9 Å². The van der Waals surface area contributed by atoms with E-state index >= 15 is 0 Å². The van der Waals surface area contributed by atoms with Crippen molar-refractivity contribution in [1.82, 2.24) is 5.32 Å². The maximum Gasteiger partial charge on any atom is 0.161 e. The summed E-state index contributed by atoms with van der Waals surface area (Å²) in [5.74, 6) is 3.13. The van der Waals surface area contributed by atoms with Crippen LogP contribution in [0, 0.1) is 0 Å². The van der Waals surface area contributed by atoms with Gasteiger partial charge in [-0.1, -0.05) is 0 Å². The lowest BCUT2D eigenvalue weighted by molar-refractivity contribution is 0.338. The fraction of sp³-hybridized carbons (Fsp3) is 0.400. The molecule has 0 unspecified atom stereocenters. The van der Waals surface area contributed by atoms with Crippen LogP contribution in [0.2, 0.25) is 0 Å². The van der Waals surface area contributed by atoms with Crippen molar-refractivity contribution < 1.29 is 18.9 Å². The molecule has 0 amide bonds. The van der Waals surface area contributed by atoms with E-state index in [0.29, 0.717) is 0 Å². The fourth-order valence-corrected chi connectivity index (χ4v) is 4.08. The summed E-state index contributed by atoms with van der Waals surface area (Å²) in [6.45, 7) is 0. The highest BCUT2D eigenvalue weighted by atomic mass is 16.5. The van der Waals surface area contributed by atoms with Crippen LogP contribution in [-0.2, 0) is 12.8 Å². The number of fused-ring (bicyclic) bond motifs is 6. The first kappa shape index (κ1) is 16.1. The molecule has 132 valence electrons. The molecule has 0 saturated carbocycles. The third kappa shape index (κ3) is 2.50. The third-order valence-corrected chi connectivity index (χ3v) is 5.29. The van der Waals surface area contributed by atoms with E-state index in [-0.39, 0.29) is 12.1 Å². The number of hydrogen-bond donors (Lipinski definition) is 1. The molecule has 0 spiro atoms. The van der Waals surface area contributed by atoms with Gasteiger partial charge in [0.25, 0.3) is 0 Å². The first-order valence-electron chi connectivity index (χ1n) is 8.44. The van der Waals surface area contributed by atoms with Crippen molar-refractivity contribution in [2.24, 2.45) is 0 Å². The summed E-state index contributed by atoms with van der Waals surface area (Å²) in [5.41, 5.74) is 5.20. The molecule has 0 fully saturated rings. The number of hydrogen-bond acceptors (Lipinski definition) is 5. The molecule has 2 heterocycles. The van der Waals surface area contributed by atoms with Gasteiger partial charge in [-0.25, -0.2) is 0 Å². The van der Waals surface area contributed by atoms with E-state index in [1.807, 2.05) is 0 Å². The Kier molecular flexibility index (Phi) is 3.96. The van der Waals surface area contributed by atoms with E-state index in [9.17, 15) is 0 Å². The molecule has 4 rings (SSSR count). The molecular formula is C20H23NO4. The Morgan fingerprint density at radius 1 is 0.640 bits per heavy atom. The van der Waals surface area contributed by atoms with Crippen molar-refractivity contribution in [3.63, 3.8) is 0 Å². The summed E-state index contributed by atoms with van der Waals surface area (Å²) >= 11 is 0. The normalized spacial score (nSPS) is 20.3. The largest absolute Gasteiger partial charge is 0.493 e. The maximum absolute atomic E-state index is 5.49. The molecule has 1 N–H and O–H groups in total. The smallest absolute Gasteiger partial charge is 0.161 e. The monoisotopic (exact) mass is 341 g/mol. The van der Waals surface area contributed by atoms with E-state index in [4.69, 9.17) is 18.9 Å². The average Bonchev–Trinajstić information content (AvgIpc) is 2.66. The molecule has 2 aliphatic heterocycles. The van der Waals surface area contributed by atoms with E-state index in [1.54, 1.807) is 28.4 Å². The van der Waals surface area contributed by atoms with Gasteiger partial charge in [-0.3, -0.25) is 0 Å². The fourth-order valence-electron chi connectivity index (χ4n) is 4.08. The molecule has 0 radical (unpaired) electrons. The molecule has 0 aliphatic carbocycles. The van der Waals surface area contributed by atoms with Gasteiger partial charge in [0.05, 0.1) is 28.4 Å².